The SMILES string of the molecule is C1=CC(c2cnc(C3CCOCC3)s2)=CC(C2CC2)C1. The van der Waals surface area contributed by atoms with Gasteiger partial charge in [0.25, 0.3) is 0 Å². The summed E-state index contributed by atoms with van der Waals surface area (Å²) in [6, 6.07) is 0. The average Bonchev–Trinajstić information content (AvgIpc) is 3.25. The molecule has 0 aromatic carbocycles. The van der Waals surface area contributed by atoms with E-state index in [4.69, 9.17) is 4.74 Å². The van der Waals surface area contributed by atoms with Crippen LogP contribution in [-0.2, 0) is 4.74 Å². The number of rotatable bonds is 3. The van der Waals surface area contributed by atoms with Gasteiger partial charge in [0.15, 0.2) is 0 Å². The van der Waals surface area contributed by atoms with E-state index in [1.165, 1.54) is 34.7 Å². The van der Waals surface area contributed by atoms with Crippen LogP contribution in [0, 0.1) is 11.8 Å². The van der Waals surface area contributed by atoms with Crippen LogP contribution in [0.4, 0.5) is 0 Å². The molecule has 2 nitrogen and oxygen atoms in total. The van der Waals surface area contributed by atoms with Gasteiger partial charge in [-0.2, -0.15) is 0 Å². The number of hydrogen-bond acceptors (Lipinski definition) is 3. The molecule has 1 saturated carbocycles. The Kier molecular flexibility index (Phi) is 3.49. The summed E-state index contributed by atoms with van der Waals surface area (Å²) in [7, 11) is 0. The van der Waals surface area contributed by atoms with E-state index in [0.29, 0.717) is 5.92 Å². The minimum atomic E-state index is 0.620. The maximum absolute atomic E-state index is 5.45. The lowest BCUT2D eigenvalue weighted by atomic mass is 9.92. The van der Waals surface area contributed by atoms with E-state index in [1.807, 2.05) is 11.3 Å². The molecule has 0 N–H and O–H groups in total. The van der Waals surface area contributed by atoms with E-state index in [0.717, 1.165) is 37.9 Å². The maximum Gasteiger partial charge on any atom is 0.0963 e. The second kappa shape index (κ2) is 5.45. The molecule has 2 fully saturated rings. The molecule has 4 rings (SSSR count). The van der Waals surface area contributed by atoms with Gasteiger partial charge in [0.2, 0.25) is 0 Å². The van der Waals surface area contributed by atoms with Gasteiger partial charge in [-0.25, -0.2) is 4.98 Å². The van der Waals surface area contributed by atoms with Crippen LogP contribution < -0.4 is 0 Å². The zero-order valence-electron chi connectivity index (χ0n) is 11.8. The first-order chi connectivity index (χ1) is 9.90. The van der Waals surface area contributed by atoms with E-state index in [2.05, 4.69) is 29.4 Å². The molecule has 20 heavy (non-hydrogen) atoms. The predicted molar refractivity (Wildman–Crippen MR) is 82.9 cm³/mol. The molecule has 0 radical (unpaired) electrons. The highest BCUT2D eigenvalue weighted by Crippen LogP contribution is 2.43. The van der Waals surface area contributed by atoms with Gasteiger partial charge >= 0.3 is 0 Å². The van der Waals surface area contributed by atoms with Crippen molar-refractivity contribution in [3.05, 3.63) is 34.3 Å². The van der Waals surface area contributed by atoms with Gasteiger partial charge in [-0.15, -0.1) is 11.3 Å². The predicted octanol–water partition coefficient (Wildman–Crippen LogP) is 4.41. The molecule has 1 atom stereocenters. The minimum Gasteiger partial charge on any atom is -0.381 e. The first-order valence-electron chi connectivity index (χ1n) is 7.82. The number of nitrogens with zero attached hydrogens (tertiary/aromatic N) is 1. The smallest absolute Gasteiger partial charge is 0.0963 e. The van der Waals surface area contributed by atoms with Crippen molar-refractivity contribution in [2.24, 2.45) is 11.8 Å². The molecule has 0 amide bonds. The summed E-state index contributed by atoms with van der Waals surface area (Å²) in [5, 5.41) is 1.31. The Labute approximate surface area is 124 Å². The quantitative estimate of drug-likeness (QED) is 0.821. The normalized spacial score (nSPS) is 27.6. The molecule has 0 spiro atoms. The van der Waals surface area contributed by atoms with Crippen molar-refractivity contribution < 1.29 is 4.74 Å². The summed E-state index contributed by atoms with van der Waals surface area (Å²) >= 11 is 1.89. The molecule has 2 aliphatic carbocycles. The molecule has 3 aliphatic rings. The Bertz CT molecular complexity index is 535. The van der Waals surface area contributed by atoms with Crippen LogP contribution in [0.2, 0.25) is 0 Å². The fraction of sp³-hybridized carbons (Fsp3) is 0.588. The van der Waals surface area contributed by atoms with Crippen molar-refractivity contribution >= 4 is 16.9 Å². The number of hydrogen-bond donors (Lipinski definition) is 0. The van der Waals surface area contributed by atoms with E-state index < -0.39 is 0 Å². The third-order valence-electron chi connectivity index (χ3n) is 4.71. The highest BCUT2D eigenvalue weighted by molar-refractivity contribution is 7.12. The van der Waals surface area contributed by atoms with Gasteiger partial charge in [-0.05, 0) is 49.5 Å². The van der Waals surface area contributed by atoms with Crippen molar-refractivity contribution in [2.75, 3.05) is 13.2 Å². The second-order valence-corrected chi connectivity index (χ2v) is 7.27. The Morgan fingerprint density at radius 1 is 1.15 bits per heavy atom. The molecule has 1 aromatic rings. The number of allylic oxidation sites excluding steroid dienone is 4. The highest BCUT2D eigenvalue weighted by Gasteiger charge is 2.30. The van der Waals surface area contributed by atoms with E-state index in [1.54, 1.807) is 0 Å². The lowest BCUT2D eigenvalue weighted by molar-refractivity contribution is 0.0853. The van der Waals surface area contributed by atoms with Crippen LogP contribution in [-0.4, -0.2) is 18.2 Å². The third kappa shape index (κ3) is 2.61. The van der Waals surface area contributed by atoms with Crippen LogP contribution in [0.25, 0.3) is 5.57 Å². The molecular formula is C17H21NOS. The lowest BCUT2D eigenvalue weighted by Crippen LogP contribution is -2.13. The molecule has 1 aromatic heterocycles. The summed E-state index contributed by atoms with van der Waals surface area (Å²) in [6.07, 6.45) is 15.6. The van der Waals surface area contributed by atoms with Crippen molar-refractivity contribution in [1.29, 1.82) is 0 Å². The zero-order chi connectivity index (χ0) is 13.4. The fourth-order valence-electron chi connectivity index (χ4n) is 3.28. The van der Waals surface area contributed by atoms with Crippen LogP contribution in [0.5, 0.6) is 0 Å². The van der Waals surface area contributed by atoms with Gasteiger partial charge in [0.05, 0.1) is 9.88 Å². The Hall–Kier alpha value is -0.930. The first kappa shape index (κ1) is 12.8. The molecule has 1 unspecified atom stereocenters. The zero-order valence-corrected chi connectivity index (χ0v) is 12.6. The van der Waals surface area contributed by atoms with Crippen molar-refractivity contribution in [1.82, 2.24) is 4.98 Å². The van der Waals surface area contributed by atoms with Gasteiger partial charge in [0.1, 0.15) is 0 Å². The summed E-state index contributed by atoms with van der Waals surface area (Å²) in [5.41, 5.74) is 1.41. The second-order valence-electron chi connectivity index (χ2n) is 6.21. The first-order valence-corrected chi connectivity index (χ1v) is 8.64. The topological polar surface area (TPSA) is 22.1 Å². The van der Waals surface area contributed by atoms with Crippen LogP contribution in [0.15, 0.2) is 24.4 Å². The summed E-state index contributed by atoms with van der Waals surface area (Å²) < 4.78 is 5.45. The minimum absolute atomic E-state index is 0.620. The third-order valence-corrected chi connectivity index (χ3v) is 5.91. The van der Waals surface area contributed by atoms with E-state index in [-0.39, 0.29) is 0 Å². The standard InChI is InChI=1S/C17H21NOS/c1-2-14(12-4-5-12)10-15(3-1)16-11-18-17(20-16)13-6-8-19-9-7-13/h1,3,10-14H,2,4-9H2. The van der Waals surface area contributed by atoms with Crippen molar-refractivity contribution in [3.63, 3.8) is 0 Å². The Morgan fingerprint density at radius 2 is 2.00 bits per heavy atom. The highest BCUT2D eigenvalue weighted by atomic mass is 32.1. The number of ether oxygens (including phenoxy) is 1. The molecule has 106 valence electrons. The molecule has 3 heteroatoms. The molecule has 1 aliphatic heterocycles. The average molecular weight is 287 g/mol. The molecule has 2 heterocycles. The Morgan fingerprint density at radius 3 is 2.80 bits per heavy atom. The van der Waals surface area contributed by atoms with Crippen LogP contribution in [0.1, 0.15) is 47.9 Å². The van der Waals surface area contributed by atoms with Crippen LogP contribution in [0.3, 0.4) is 0 Å². The summed E-state index contributed by atoms with van der Waals surface area (Å²) in [6.45, 7) is 1.79. The molecule has 0 bridgehead atoms. The Balaban J connectivity index is 1.53. The van der Waals surface area contributed by atoms with Crippen molar-refractivity contribution in [2.45, 2.75) is 38.0 Å². The van der Waals surface area contributed by atoms with Crippen LogP contribution >= 0.6 is 11.3 Å². The van der Waals surface area contributed by atoms with E-state index in [9.17, 15) is 0 Å². The summed E-state index contributed by atoms with van der Waals surface area (Å²) in [4.78, 5) is 6.04. The number of aromatic nitrogens is 1. The summed E-state index contributed by atoms with van der Waals surface area (Å²) in [5.74, 6) is 2.36. The monoisotopic (exact) mass is 287 g/mol. The fourth-order valence-corrected chi connectivity index (χ4v) is 4.37. The maximum atomic E-state index is 5.45. The van der Waals surface area contributed by atoms with Gasteiger partial charge < -0.3 is 4.74 Å². The van der Waals surface area contributed by atoms with Gasteiger partial charge in [-0.3, -0.25) is 0 Å². The van der Waals surface area contributed by atoms with Gasteiger partial charge in [0, 0.05) is 25.3 Å². The molecule has 1 saturated heterocycles. The largest absolute Gasteiger partial charge is 0.381 e. The van der Waals surface area contributed by atoms with Gasteiger partial charge in [-0.1, -0.05) is 18.2 Å². The van der Waals surface area contributed by atoms with Crippen molar-refractivity contribution in [3.8, 4) is 0 Å². The van der Waals surface area contributed by atoms with E-state index >= 15 is 0 Å². The lowest BCUT2D eigenvalue weighted by Gasteiger charge is -2.19. The number of thiazole rings is 1. The molecular weight excluding hydrogens is 266 g/mol.